The second-order valence-corrected chi connectivity index (χ2v) is 3.42. The van der Waals surface area contributed by atoms with Gasteiger partial charge < -0.3 is 10.0 Å². The predicted molar refractivity (Wildman–Crippen MR) is 50.2 cm³/mol. The number of carbonyl (C=O) groups is 1. The lowest BCUT2D eigenvalue weighted by molar-refractivity contribution is -0.167. The van der Waals surface area contributed by atoms with Gasteiger partial charge in [-0.15, -0.1) is 5.92 Å². The highest BCUT2D eigenvalue weighted by Crippen LogP contribution is 2.24. The van der Waals surface area contributed by atoms with Crippen molar-refractivity contribution in [1.29, 1.82) is 0 Å². The number of likely N-dealkylation sites (tertiary alicyclic amines) is 1. The standard InChI is InChI=1S/C10H13F2NO2/c1-2-5-8(14)10(11,12)9(15)13-6-3-4-7-13/h8,14H,3-4,6-7H2,1H3. The van der Waals surface area contributed by atoms with E-state index in [0.29, 0.717) is 13.1 Å². The summed E-state index contributed by atoms with van der Waals surface area (Å²) in [6.07, 6.45) is -0.745. The Bertz CT molecular complexity index is 300. The number of hydrogen-bond donors (Lipinski definition) is 1. The summed E-state index contributed by atoms with van der Waals surface area (Å²) in [7, 11) is 0. The van der Waals surface area contributed by atoms with E-state index in [-0.39, 0.29) is 0 Å². The summed E-state index contributed by atoms with van der Waals surface area (Å²) >= 11 is 0. The van der Waals surface area contributed by atoms with Crippen molar-refractivity contribution < 1.29 is 18.7 Å². The Morgan fingerprint density at radius 1 is 1.47 bits per heavy atom. The van der Waals surface area contributed by atoms with Gasteiger partial charge in [0.25, 0.3) is 5.91 Å². The SMILES string of the molecule is CC#CC(O)C(F)(F)C(=O)N1CCCC1. The van der Waals surface area contributed by atoms with Crippen LogP contribution in [0.1, 0.15) is 19.8 Å². The van der Waals surface area contributed by atoms with Crippen molar-refractivity contribution in [1.82, 2.24) is 4.90 Å². The Morgan fingerprint density at radius 3 is 2.47 bits per heavy atom. The fourth-order valence-electron chi connectivity index (χ4n) is 1.48. The zero-order valence-corrected chi connectivity index (χ0v) is 8.46. The molecule has 0 aliphatic carbocycles. The van der Waals surface area contributed by atoms with Crippen LogP contribution in [-0.4, -0.2) is 41.0 Å². The summed E-state index contributed by atoms with van der Waals surface area (Å²) in [6, 6.07) is 0. The molecule has 1 saturated heterocycles. The number of hydrogen-bond acceptors (Lipinski definition) is 2. The van der Waals surface area contributed by atoms with Crippen molar-refractivity contribution in [3.8, 4) is 11.8 Å². The normalized spacial score (nSPS) is 18.3. The van der Waals surface area contributed by atoms with Crippen LogP contribution in [-0.2, 0) is 4.79 Å². The first-order valence-corrected chi connectivity index (χ1v) is 4.77. The maximum atomic E-state index is 13.3. The average Bonchev–Trinajstić information content (AvgIpc) is 2.69. The highest BCUT2D eigenvalue weighted by molar-refractivity contribution is 5.85. The van der Waals surface area contributed by atoms with E-state index in [2.05, 4.69) is 5.92 Å². The maximum Gasteiger partial charge on any atom is 0.360 e. The van der Waals surface area contributed by atoms with Crippen molar-refractivity contribution in [2.24, 2.45) is 0 Å². The minimum Gasteiger partial charge on any atom is -0.374 e. The summed E-state index contributed by atoms with van der Waals surface area (Å²) in [5, 5.41) is 9.04. The first-order chi connectivity index (χ1) is 7.00. The molecule has 15 heavy (non-hydrogen) atoms. The van der Waals surface area contributed by atoms with Crippen LogP contribution in [0.2, 0.25) is 0 Å². The van der Waals surface area contributed by atoms with Crippen LogP contribution in [0.25, 0.3) is 0 Å². The van der Waals surface area contributed by atoms with Gasteiger partial charge in [0, 0.05) is 13.1 Å². The number of nitrogens with zero attached hydrogens (tertiary/aromatic N) is 1. The van der Waals surface area contributed by atoms with Gasteiger partial charge in [0.05, 0.1) is 0 Å². The van der Waals surface area contributed by atoms with Crippen molar-refractivity contribution >= 4 is 5.91 Å². The van der Waals surface area contributed by atoms with Crippen LogP contribution in [0.3, 0.4) is 0 Å². The fourth-order valence-corrected chi connectivity index (χ4v) is 1.48. The summed E-state index contributed by atoms with van der Waals surface area (Å²) in [5.41, 5.74) is 0. The predicted octanol–water partition coefficient (Wildman–Crippen LogP) is 0.628. The third-order valence-electron chi connectivity index (χ3n) is 2.30. The minimum atomic E-state index is -3.80. The molecule has 1 aliphatic heterocycles. The molecule has 1 N–H and O–H groups in total. The van der Waals surface area contributed by atoms with Gasteiger partial charge in [-0.1, -0.05) is 5.92 Å². The molecule has 1 rings (SSSR count). The molecule has 0 aromatic carbocycles. The van der Waals surface area contributed by atoms with Gasteiger partial charge in [0.2, 0.25) is 0 Å². The second-order valence-electron chi connectivity index (χ2n) is 3.42. The Labute approximate surface area is 87.1 Å². The Kier molecular flexibility index (Phi) is 3.64. The lowest BCUT2D eigenvalue weighted by Gasteiger charge is -2.23. The van der Waals surface area contributed by atoms with E-state index in [1.165, 1.54) is 6.92 Å². The molecule has 1 atom stereocenters. The first-order valence-electron chi connectivity index (χ1n) is 4.77. The number of alkyl halides is 2. The van der Waals surface area contributed by atoms with Gasteiger partial charge in [0.15, 0.2) is 6.10 Å². The molecule has 5 heteroatoms. The van der Waals surface area contributed by atoms with Crippen LogP contribution in [0.4, 0.5) is 8.78 Å². The van der Waals surface area contributed by atoms with Gasteiger partial charge in [-0.25, -0.2) is 0 Å². The molecule has 1 heterocycles. The third-order valence-corrected chi connectivity index (χ3v) is 2.30. The van der Waals surface area contributed by atoms with Crippen molar-refractivity contribution in [3.63, 3.8) is 0 Å². The van der Waals surface area contributed by atoms with E-state index in [4.69, 9.17) is 5.11 Å². The Balaban J connectivity index is 2.73. The van der Waals surface area contributed by atoms with Gasteiger partial charge in [-0.2, -0.15) is 8.78 Å². The van der Waals surface area contributed by atoms with Gasteiger partial charge in [-0.05, 0) is 19.8 Å². The van der Waals surface area contributed by atoms with E-state index in [0.717, 1.165) is 17.7 Å². The van der Waals surface area contributed by atoms with Gasteiger partial charge in [0.1, 0.15) is 0 Å². The molecule has 1 fully saturated rings. The second kappa shape index (κ2) is 4.58. The number of amides is 1. The molecule has 0 saturated carbocycles. The fraction of sp³-hybridized carbons (Fsp3) is 0.700. The molecule has 1 unspecified atom stereocenters. The molecule has 1 amide bonds. The molecule has 84 valence electrons. The molecule has 0 radical (unpaired) electrons. The summed E-state index contributed by atoms with van der Waals surface area (Å²) in [4.78, 5) is 12.4. The maximum absolute atomic E-state index is 13.3. The van der Waals surface area contributed by atoms with Gasteiger partial charge in [-0.3, -0.25) is 4.79 Å². The van der Waals surface area contributed by atoms with Crippen LogP contribution in [0.15, 0.2) is 0 Å². The Hall–Kier alpha value is -1.15. The number of carbonyl (C=O) groups excluding carboxylic acids is 1. The molecule has 0 bridgehead atoms. The van der Waals surface area contributed by atoms with E-state index in [1.807, 2.05) is 5.92 Å². The van der Waals surface area contributed by atoms with Crippen LogP contribution in [0, 0.1) is 11.8 Å². The lowest BCUT2D eigenvalue weighted by atomic mass is 10.1. The van der Waals surface area contributed by atoms with Crippen LogP contribution < -0.4 is 0 Å². The summed E-state index contributed by atoms with van der Waals surface area (Å²) < 4.78 is 26.6. The summed E-state index contributed by atoms with van der Waals surface area (Å²) in [6.45, 7) is 2.00. The van der Waals surface area contributed by atoms with Crippen LogP contribution in [0.5, 0.6) is 0 Å². The molecule has 1 aliphatic rings. The van der Waals surface area contributed by atoms with Crippen molar-refractivity contribution in [2.45, 2.75) is 31.8 Å². The quantitative estimate of drug-likeness (QED) is 0.689. The van der Waals surface area contributed by atoms with E-state index >= 15 is 0 Å². The molecule has 0 spiro atoms. The minimum absolute atomic E-state index is 0.334. The number of aliphatic hydroxyl groups is 1. The molecule has 0 aromatic heterocycles. The first kappa shape index (κ1) is 11.9. The van der Waals surface area contributed by atoms with Gasteiger partial charge >= 0.3 is 5.92 Å². The van der Waals surface area contributed by atoms with E-state index in [1.54, 1.807) is 0 Å². The van der Waals surface area contributed by atoms with Crippen LogP contribution >= 0.6 is 0 Å². The molecule has 3 nitrogen and oxygen atoms in total. The topological polar surface area (TPSA) is 40.5 Å². The zero-order valence-electron chi connectivity index (χ0n) is 8.46. The number of aliphatic hydroxyl groups excluding tert-OH is 1. The third kappa shape index (κ3) is 2.45. The average molecular weight is 217 g/mol. The van der Waals surface area contributed by atoms with E-state index in [9.17, 15) is 13.6 Å². The number of rotatable bonds is 2. The monoisotopic (exact) mass is 217 g/mol. The Morgan fingerprint density at radius 2 is 2.00 bits per heavy atom. The highest BCUT2D eigenvalue weighted by atomic mass is 19.3. The summed E-state index contributed by atoms with van der Waals surface area (Å²) in [5.74, 6) is -1.06. The van der Waals surface area contributed by atoms with Crippen molar-refractivity contribution in [2.75, 3.05) is 13.1 Å². The molecular formula is C10H13F2NO2. The molecule has 0 aromatic rings. The van der Waals surface area contributed by atoms with E-state index < -0.39 is 17.9 Å². The molecular weight excluding hydrogens is 204 g/mol. The number of halogens is 2. The zero-order chi connectivity index (χ0) is 11.5. The van der Waals surface area contributed by atoms with Crippen molar-refractivity contribution in [3.05, 3.63) is 0 Å². The highest BCUT2D eigenvalue weighted by Gasteiger charge is 2.48. The lowest BCUT2D eigenvalue weighted by Crippen LogP contribution is -2.48. The largest absolute Gasteiger partial charge is 0.374 e. The smallest absolute Gasteiger partial charge is 0.360 e.